The molecule has 21 heavy (non-hydrogen) atoms. The molecular formula is C18H16N2O. The fourth-order valence-electron chi connectivity index (χ4n) is 2.09. The average molecular weight is 276 g/mol. The van der Waals surface area contributed by atoms with Crippen molar-refractivity contribution in [1.82, 2.24) is 0 Å². The smallest absolute Gasteiger partial charge is 0.150 e. The Bertz CT molecular complexity index is 737. The van der Waals surface area contributed by atoms with E-state index in [2.05, 4.69) is 0 Å². The van der Waals surface area contributed by atoms with Crippen LogP contribution in [0, 0.1) is 0 Å². The van der Waals surface area contributed by atoms with Gasteiger partial charge in [-0.05, 0) is 47.5 Å². The molecule has 0 saturated heterocycles. The maximum Gasteiger partial charge on any atom is 0.150 e. The first-order valence-corrected chi connectivity index (χ1v) is 6.71. The topological polar surface area (TPSA) is 61.3 Å². The molecule has 3 nitrogen and oxygen atoms in total. The van der Waals surface area contributed by atoms with Crippen molar-refractivity contribution in [2.24, 2.45) is 0 Å². The van der Waals surface area contributed by atoms with Crippen LogP contribution >= 0.6 is 0 Å². The first-order chi connectivity index (χ1) is 10.2. The van der Waals surface area contributed by atoms with Crippen LogP contribution in [0.2, 0.25) is 0 Å². The normalized spacial score (nSPS) is 10.3. The molecule has 0 fully saturated rings. The predicted octanol–water partition coefficient (Wildman–Crippen LogP) is 4.31. The number of anilines is 2. The molecule has 0 unspecified atom stereocenters. The van der Waals surface area contributed by atoms with E-state index in [0.717, 1.165) is 22.6 Å². The highest BCUT2D eigenvalue weighted by Gasteiger charge is 2.05. The van der Waals surface area contributed by atoms with E-state index in [4.69, 9.17) is 16.2 Å². The Kier molecular flexibility index (Phi) is 3.48. The molecule has 3 aromatic carbocycles. The zero-order chi connectivity index (χ0) is 14.7. The molecule has 0 amide bonds. The Morgan fingerprint density at radius 1 is 0.667 bits per heavy atom. The van der Waals surface area contributed by atoms with Crippen LogP contribution in [0.4, 0.5) is 11.4 Å². The van der Waals surface area contributed by atoms with Gasteiger partial charge in [0.1, 0.15) is 5.75 Å². The molecule has 3 aromatic rings. The number of benzene rings is 3. The van der Waals surface area contributed by atoms with E-state index in [1.807, 2.05) is 72.8 Å². The second-order valence-corrected chi connectivity index (χ2v) is 4.79. The fraction of sp³-hybridized carbons (Fsp3) is 0. The molecule has 0 aliphatic carbocycles. The third kappa shape index (κ3) is 2.98. The molecule has 4 N–H and O–H groups in total. The molecule has 104 valence electrons. The summed E-state index contributed by atoms with van der Waals surface area (Å²) >= 11 is 0. The van der Waals surface area contributed by atoms with Gasteiger partial charge in [0, 0.05) is 5.69 Å². The lowest BCUT2D eigenvalue weighted by Gasteiger charge is -2.11. The van der Waals surface area contributed by atoms with E-state index in [1.165, 1.54) is 0 Å². The summed E-state index contributed by atoms with van der Waals surface area (Å²) in [6.07, 6.45) is 0. The summed E-state index contributed by atoms with van der Waals surface area (Å²) in [6.45, 7) is 0. The van der Waals surface area contributed by atoms with Gasteiger partial charge in [0.25, 0.3) is 0 Å². The Balaban J connectivity index is 1.94. The number of nitrogen functional groups attached to an aromatic ring is 2. The summed E-state index contributed by atoms with van der Waals surface area (Å²) in [5.74, 6) is 1.41. The second kappa shape index (κ2) is 5.59. The zero-order valence-electron chi connectivity index (χ0n) is 11.5. The van der Waals surface area contributed by atoms with Crippen molar-refractivity contribution >= 4 is 11.4 Å². The van der Waals surface area contributed by atoms with Crippen molar-refractivity contribution in [3.63, 3.8) is 0 Å². The van der Waals surface area contributed by atoms with E-state index in [0.29, 0.717) is 11.4 Å². The summed E-state index contributed by atoms with van der Waals surface area (Å²) in [5, 5.41) is 0. The summed E-state index contributed by atoms with van der Waals surface area (Å²) < 4.78 is 5.85. The maximum absolute atomic E-state index is 5.99. The van der Waals surface area contributed by atoms with E-state index in [9.17, 15) is 0 Å². The van der Waals surface area contributed by atoms with Crippen molar-refractivity contribution in [2.75, 3.05) is 11.5 Å². The van der Waals surface area contributed by atoms with Crippen LogP contribution in [-0.2, 0) is 0 Å². The molecule has 0 aliphatic heterocycles. The van der Waals surface area contributed by atoms with Crippen molar-refractivity contribution < 1.29 is 4.74 Å². The van der Waals surface area contributed by atoms with Gasteiger partial charge in [0.2, 0.25) is 0 Å². The number of rotatable bonds is 3. The number of para-hydroxylation sites is 1. The summed E-state index contributed by atoms with van der Waals surface area (Å²) in [6, 6.07) is 23.1. The monoisotopic (exact) mass is 276 g/mol. The van der Waals surface area contributed by atoms with Crippen molar-refractivity contribution in [1.29, 1.82) is 0 Å². The van der Waals surface area contributed by atoms with Gasteiger partial charge < -0.3 is 16.2 Å². The Hall–Kier alpha value is -2.94. The van der Waals surface area contributed by atoms with Crippen LogP contribution < -0.4 is 16.2 Å². The molecule has 0 radical (unpaired) electrons. The number of nitrogens with two attached hydrogens (primary N) is 2. The Morgan fingerprint density at radius 3 is 2.05 bits per heavy atom. The molecule has 0 heterocycles. The Morgan fingerprint density at radius 2 is 1.33 bits per heavy atom. The maximum atomic E-state index is 5.99. The summed E-state index contributed by atoms with van der Waals surface area (Å²) in [7, 11) is 0. The van der Waals surface area contributed by atoms with Gasteiger partial charge in [-0.15, -0.1) is 0 Å². The van der Waals surface area contributed by atoms with Gasteiger partial charge >= 0.3 is 0 Å². The molecule has 0 spiro atoms. The molecule has 0 bridgehead atoms. The highest BCUT2D eigenvalue weighted by atomic mass is 16.5. The largest absolute Gasteiger partial charge is 0.455 e. The van der Waals surface area contributed by atoms with Gasteiger partial charge in [0.15, 0.2) is 5.75 Å². The van der Waals surface area contributed by atoms with Crippen molar-refractivity contribution in [3.8, 4) is 22.6 Å². The molecule has 0 atom stereocenters. The van der Waals surface area contributed by atoms with E-state index < -0.39 is 0 Å². The molecule has 0 saturated carbocycles. The van der Waals surface area contributed by atoms with Gasteiger partial charge in [-0.25, -0.2) is 0 Å². The van der Waals surface area contributed by atoms with Crippen LogP contribution in [0.5, 0.6) is 11.5 Å². The highest BCUT2D eigenvalue weighted by Crippen LogP contribution is 2.32. The lowest BCUT2D eigenvalue weighted by atomic mass is 10.0. The van der Waals surface area contributed by atoms with Crippen LogP contribution in [-0.4, -0.2) is 0 Å². The number of ether oxygens (including phenoxy) is 1. The molecule has 3 rings (SSSR count). The standard InChI is InChI=1S/C18H16N2O/c19-15-9-6-13(7-10-15)14-8-11-17(20)18(12-14)21-16-4-2-1-3-5-16/h1-12H,19-20H2. The van der Waals surface area contributed by atoms with Crippen LogP contribution in [0.15, 0.2) is 72.8 Å². The van der Waals surface area contributed by atoms with Gasteiger partial charge in [-0.3, -0.25) is 0 Å². The average Bonchev–Trinajstić information content (AvgIpc) is 2.51. The van der Waals surface area contributed by atoms with Crippen LogP contribution in [0.3, 0.4) is 0 Å². The summed E-state index contributed by atoms with van der Waals surface area (Å²) in [4.78, 5) is 0. The van der Waals surface area contributed by atoms with Gasteiger partial charge in [-0.1, -0.05) is 36.4 Å². The fourth-order valence-corrected chi connectivity index (χ4v) is 2.09. The molecular weight excluding hydrogens is 260 g/mol. The first kappa shape index (κ1) is 13.1. The lowest BCUT2D eigenvalue weighted by Crippen LogP contribution is -1.93. The second-order valence-electron chi connectivity index (χ2n) is 4.79. The molecule has 0 aliphatic rings. The minimum Gasteiger partial charge on any atom is -0.455 e. The number of hydrogen-bond donors (Lipinski definition) is 2. The molecule has 0 aromatic heterocycles. The minimum atomic E-state index is 0.609. The van der Waals surface area contributed by atoms with E-state index >= 15 is 0 Å². The van der Waals surface area contributed by atoms with Gasteiger partial charge in [-0.2, -0.15) is 0 Å². The predicted molar refractivity (Wildman–Crippen MR) is 87.2 cm³/mol. The van der Waals surface area contributed by atoms with Crippen molar-refractivity contribution in [3.05, 3.63) is 72.8 Å². The van der Waals surface area contributed by atoms with E-state index in [-0.39, 0.29) is 0 Å². The van der Waals surface area contributed by atoms with E-state index in [1.54, 1.807) is 0 Å². The van der Waals surface area contributed by atoms with Gasteiger partial charge in [0.05, 0.1) is 5.69 Å². The van der Waals surface area contributed by atoms with Crippen LogP contribution in [0.25, 0.3) is 11.1 Å². The first-order valence-electron chi connectivity index (χ1n) is 6.71. The minimum absolute atomic E-state index is 0.609. The lowest BCUT2D eigenvalue weighted by molar-refractivity contribution is 0.485. The number of hydrogen-bond acceptors (Lipinski definition) is 3. The van der Waals surface area contributed by atoms with Crippen LogP contribution in [0.1, 0.15) is 0 Å². The third-order valence-electron chi connectivity index (χ3n) is 3.23. The quantitative estimate of drug-likeness (QED) is 0.701. The zero-order valence-corrected chi connectivity index (χ0v) is 11.5. The highest BCUT2D eigenvalue weighted by molar-refractivity contribution is 5.71. The summed E-state index contributed by atoms with van der Waals surface area (Å²) in [5.41, 5.74) is 15.2. The van der Waals surface area contributed by atoms with Crippen molar-refractivity contribution in [2.45, 2.75) is 0 Å². The Labute approximate surface area is 123 Å². The SMILES string of the molecule is Nc1ccc(-c2ccc(N)c(Oc3ccccc3)c2)cc1. The third-order valence-corrected chi connectivity index (χ3v) is 3.23. The molecule has 3 heteroatoms.